The summed E-state index contributed by atoms with van der Waals surface area (Å²) in [6, 6.07) is 1.73. The quantitative estimate of drug-likeness (QED) is 0.596. The second-order valence-corrected chi connectivity index (χ2v) is 4.09. The molecule has 1 rings (SSSR count). The fraction of sp³-hybridized carbons (Fsp3) is 0.364. The first kappa shape index (κ1) is 13.0. The molecule has 0 aliphatic heterocycles. The van der Waals surface area contributed by atoms with Crippen LogP contribution >= 0.6 is 15.9 Å². The van der Waals surface area contributed by atoms with Gasteiger partial charge in [-0.3, -0.25) is 4.79 Å². The molecule has 0 aliphatic carbocycles. The zero-order chi connectivity index (χ0) is 11.8. The Morgan fingerprint density at radius 3 is 3.06 bits per heavy atom. The Kier molecular flexibility index (Phi) is 5.88. The van der Waals surface area contributed by atoms with E-state index in [9.17, 15) is 4.79 Å². The third-order valence-corrected chi connectivity index (χ3v) is 2.35. The summed E-state index contributed by atoms with van der Waals surface area (Å²) in [5.41, 5.74) is 0.540. The van der Waals surface area contributed by atoms with Crippen molar-refractivity contribution in [1.82, 2.24) is 10.3 Å². The van der Waals surface area contributed by atoms with Crippen LogP contribution in [0.1, 0.15) is 16.9 Å². The monoisotopic (exact) mass is 286 g/mol. The first-order valence-electron chi connectivity index (χ1n) is 5.05. The normalized spacial score (nSPS) is 10.1. The lowest BCUT2D eigenvalue weighted by molar-refractivity contribution is 0.0913. The van der Waals surface area contributed by atoms with Crippen LogP contribution in [0.15, 0.2) is 29.4 Å². The number of aromatic nitrogens is 1. The number of hydrogen-bond acceptors (Lipinski definition) is 2. The van der Waals surface area contributed by atoms with E-state index in [0.717, 1.165) is 10.9 Å². The van der Waals surface area contributed by atoms with E-state index in [4.69, 9.17) is 4.74 Å². The summed E-state index contributed by atoms with van der Waals surface area (Å²) >= 11 is 3.27. The van der Waals surface area contributed by atoms with Crippen molar-refractivity contribution in [2.24, 2.45) is 0 Å². The Labute approximate surface area is 103 Å². The highest BCUT2D eigenvalue weighted by molar-refractivity contribution is 9.10. The van der Waals surface area contributed by atoms with Crippen molar-refractivity contribution in [3.8, 4) is 0 Å². The van der Waals surface area contributed by atoms with Crippen molar-refractivity contribution < 1.29 is 9.53 Å². The minimum Gasteiger partial charge on any atom is -0.379 e. The minimum absolute atomic E-state index is 0.127. The van der Waals surface area contributed by atoms with Gasteiger partial charge in [0.25, 0.3) is 5.91 Å². The first-order chi connectivity index (χ1) is 7.74. The van der Waals surface area contributed by atoms with Crippen LogP contribution in [0.3, 0.4) is 0 Å². The lowest BCUT2D eigenvalue weighted by Crippen LogP contribution is -2.27. The standard InChI is InChI=1S/C11H15BrN2O2/c1-2-3-5-16-6-4-13-11(15)10-7-9(12)8-14-10/h2,7-8,14H,1,3-6H2,(H,13,15). The van der Waals surface area contributed by atoms with Crippen molar-refractivity contribution in [2.75, 3.05) is 19.8 Å². The van der Waals surface area contributed by atoms with E-state index in [1.54, 1.807) is 18.3 Å². The van der Waals surface area contributed by atoms with E-state index in [1.165, 1.54) is 0 Å². The number of hydrogen-bond donors (Lipinski definition) is 2. The molecule has 0 aromatic carbocycles. The second kappa shape index (κ2) is 7.24. The molecule has 1 amide bonds. The summed E-state index contributed by atoms with van der Waals surface area (Å²) < 4.78 is 6.12. The zero-order valence-corrected chi connectivity index (χ0v) is 10.5. The van der Waals surface area contributed by atoms with Gasteiger partial charge in [-0.25, -0.2) is 0 Å². The van der Waals surface area contributed by atoms with Crippen LogP contribution in [0, 0.1) is 0 Å². The fourth-order valence-corrected chi connectivity index (χ4v) is 1.44. The molecular weight excluding hydrogens is 272 g/mol. The van der Waals surface area contributed by atoms with Crippen LogP contribution in [-0.4, -0.2) is 30.6 Å². The van der Waals surface area contributed by atoms with E-state index in [1.807, 2.05) is 0 Å². The number of carbonyl (C=O) groups is 1. The molecule has 2 N–H and O–H groups in total. The van der Waals surface area contributed by atoms with Crippen LogP contribution in [0.25, 0.3) is 0 Å². The van der Waals surface area contributed by atoms with Crippen LogP contribution in [-0.2, 0) is 4.74 Å². The number of halogens is 1. The largest absolute Gasteiger partial charge is 0.379 e. The molecule has 0 saturated carbocycles. The SMILES string of the molecule is C=CCCOCCNC(=O)c1cc(Br)c[nH]1. The van der Waals surface area contributed by atoms with Gasteiger partial charge in [0.1, 0.15) is 5.69 Å². The molecule has 0 unspecified atom stereocenters. The average Bonchev–Trinajstić information content (AvgIpc) is 2.70. The molecule has 0 spiro atoms. The summed E-state index contributed by atoms with van der Waals surface area (Å²) in [6.07, 6.45) is 4.35. The summed E-state index contributed by atoms with van der Waals surface area (Å²) in [4.78, 5) is 14.4. The highest BCUT2D eigenvalue weighted by Gasteiger charge is 2.06. The van der Waals surface area contributed by atoms with E-state index in [-0.39, 0.29) is 5.91 Å². The van der Waals surface area contributed by atoms with Crippen molar-refractivity contribution in [3.05, 3.63) is 35.1 Å². The Balaban J connectivity index is 2.13. The van der Waals surface area contributed by atoms with Gasteiger partial charge in [-0.05, 0) is 28.4 Å². The summed E-state index contributed by atoms with van der Waals surface area (Å²) in [5, 5.41) is 2.75. The molecule has 88 valence electrons. The Bertz CT molecular complexity index is 350. The predicted octanol–water partition coefficient (Wildman–Crippen LogP) is 2.10. The molecule has 16 heavy (non-hydrogen) atoms. The number of amides is 1. The van der Waals surface area contributed by atoms with E-state index < -0.39 is 0 Å². The maximum atomic E-state index is 11.5. The predicted molar refractivity (Wildman–Crippen MR) is 66.5 cm³/mol. The number of aromatic amines is 1. The highest BCUT2D eigenvalue weighted by atomic mass is 79.9. The minimum atomic E-state index is -0.127. The molecule has 4 nitrogen and oxygen atoms in total. The molecule has 0 bridgehead atoms. The second-order valence-electron chi connectivity index (χ2n) is 3.18. The molecule has 1 aromatic rings. The van der Waals surface area contributed by atoms with Crippen LogP contribution in [0.4, 0.5) is 0 Å². The van der Waals surface area contributed by atoms with Crippen LogP contribution < -0.4 is 5.32 Å². The topological polar surface area (TPSA) is 54.1 Å². The lowest BCUT2D eigenvalue weighted by Gasteiger charge is -2.04. The van der Waals surface area contributed by atoms with Gasteiger partial charge in [-0.2, -0.15) is 0 Å². The van der Waals surface area contributed by atoms with Crippen molar-refractivity contribution >= 4 is 21.8 Å². The van der Waals surface area contributed by atoms with Gasteiger partial charge in [0.15, 0.2) is 0 Å². The molecule has 0 radical (unpaired) electrons. The Morgan fingerprint density at radius 1 is 1.62 bits per heavy atom. The van der Waals surface area contributed by atoms with Gasteiger partial charge in [-0.15, -0.1) is 6.58 Å². The highest BCUT2D eigenvalue weighted by Crippen LogP contribution is 2.09. The van der Waals surface area contributed by atoms with Crippen LogP contribution in [0.5, 0.6) is 0 Å². The number of nitrogens with one attached hydrogen (secondary N) is 2. The molecule has 1 heterocycles. The summed E-state index contributed by atoms with van der Waals surface area (Å²) in [6.45, 7) is 5.26. The number of carbonyl (C=O) groups excluding carboxylic acids is 1. The van der Waals surface area contributed by atoms with Crippen molar-refractivity contribution in [2.45, 2.75) is 6.42 Å². The third-order valence-electron chi connectivity index (χ3n) is 1.89. The molecule has 1 aromatic heterocycles. The van der Waals surface area contributed by atoms with E-state index in [0.29, 0.717) is 25.5 Å². The summed E-state index contributed by atoms with van der Waals surface area (Å²) in [5.74, 6) is -0.127. The van der Waals surface area contributed by atoms with Gasteiger partial charge >= 0.3 is 0 Å². The number of rotatable bonds is 7. The maximum Gasteiger partial charge on any atom is 0.267 e. The van der Waals surface area contributed by atoms with Crippen molar-refractivity contribution in [3.63, 3.8) is 0 Å². The molecule has 0 fully saturated rings. The first-order valence-corrected chi connectivity index (χ1v) is 5.84. The number of ether oxygens (including phenoxy) is 1. The van der Waals surface area contributed by atoms with Crippen LogP contribution in [0.2, 0.25) is 0 Å². The zero-order valence-electron chi connectivity index (χ0n) is 8.96. The van der Waals surface area contributed by atoms with Gasteiger partial charge < -0.3 is 15.0 Å². The van der Waals surface area contributed by atoms with Crippen molar-refractivity contribution in [1.29, 1.82) is 0 Å². The maximum absolute atomic E-state index is 11.5. The molecular formula is C11H15BrN2O2. The van der Waals surface area contributed by atoms with E-state index in [2.05, 4.69) is 32.8 Å². The number of H-pyrrole nitrogens is 1. The Morgan fingerprint density at radius 2 is 2.44 bits per heavy atom. The van der Waals surface area contributed by atoms with Gasteiger partial charge in [0.05, 0.1) is 13.2 Å². The molecule has 0 atom stereocenters. The Hall–Kier alpha value is -1.07. The summed E-state index contributed by atoms with van der Waals surface area (Å²) in [7, 11) is 0. The van der Waals surface area contributed by atoms with E-state index >= 15 is 0 Å². The van der Waals surface area contributed by atoms with Gasteiger partial charge in [0.2, 0.25) is 0 Å². The smallest absolute Gasteiger partial charge is 0.267 e. The molecule has 0 saturated heterocycles. The average molecular weight is 287 g/mol. The fourth-order valence-electron chi connectivity index (χ4n) is 1.10. The molecule has 5 heteroatoms. The lowest BCUT2D eigenvalue weighted by atomic mass is 10.4. The van der Waals surface area contributed by atoms with Gasteiger partial charge in [-0.1, -0.05) is 6.08 Å². The van der Waals surface area contributed by atoms with Gasteiger partial charge in [0, 0.05) is 17.2 Å². The molecule has 0 aliphatic rings. The third kappa shape index (κ3) is 4.63.